The van der Waals surface area contributed by atoms with E-state index in [0.29, 0.717) is 12.8 Å². The van der Waals surface area contributed by atoms with Gasteiger partial charge < -0.3 is 20.5 Å². The molecule has 2 aromatic carbocycles. The van der Waals surface area contributed by atoms with Crippen LogP contribution in [0.5, 0.6) is 0 Å². The van der Waals surface area contributed by atoms with Crippen molar-refractivity contribution in [3.05, 3.63) is 59.7 Å². The zero-order valence-corrected chi connectivity index (χ0v) is 19.0. The molecule has 3 aliphatic carbocycles. The molecule has 7 heteroatoms. The van der Waals surface area contributed by atoms with Gasteiger partial charge in [-0.3, -0.25) is 4.79 Å². The van der Waals surface area contributed by atoms with E-state index >= 15 is 0 Å². The van der Waals surface area contributed by atoms with Gasteiger partial charge in [-0.1, -0.05) is 48.5 Å². The molecule has 3 aliphatic rings. The fourth-order valence-electron chi connectivity index (χ4n) is 5.50. The summed E-state index contributed by atoms with van der Waals surface area (Å²) in [6, 6.07) is 15.6. The Morgan fingerprint density at radius 1 is 0.941 bits per heavy atom. The Morgan fingerprint density at radius 3 is 2.21 bits per heavy atom. The largest absolute Gasteiger partial charge is 0.480 e. The molecule has 0 spiro atoms. The maximum atomic E-state index is 12.5. The summed E-state index contributed by atoms with van der Waals surface area (Å²) in [6.07, 6.45) is 3.87. The van der Waals surface area contributed by atoms with Crippen LogP contribution >= 0.6 is 0 Å². The Hall–Kier alpha value is -3.35. The van der Waals surface area contributed by atoms with Crippen LogP contribution in [0.4, 0.5) is 4.79 Å². The Balaban J connectivity index is 1.10. The lowest BCUT2D eigenvalue weighted by molar-refractivity contribution is -0.142. The monoisotopic (exact) mass is 462 g/mol. The number of rotatable bonds is 8. The third-order valence-electron chi connectivity index (χ3n) is 7.36. The molecular formula is C27H30N2O5. The Morgan fingerprint density at radius 2 is 1.59 bits per heavy atom. The number of carbonyl (C=O) groups is 3. The number of amides is 2. The van der Waals surface area contributed by atoms with Gasteiger partial charge in [0.1, 0.15) is 12.6 Å². The Labute approximate surface area is 198 Å². The number of carboxylic acid groups (broad SMARTS) is 1. The Kier molecular flexibility index (Phi) is 6.26. The quantitative estimate of drug-likeness (QED) is 0.549. The van der Waals surface area contributed by atoms with Crippen LogP contribution in [0, 0.1) is 11.8 Å². The van der Waals surface area contributed by atoms with Crippen LogP contribution in [0.2, 0.25) is 0 Å². The van der Waals surface area contributed by atoms with Gasteiger partial charge in [0.2, 0.25) is 5.91 Å². The first kappa shape index (κ1) is 22.4. The van der Waals surface area contributed by atoms with Crippen molar-refractivity contribution in [3.8, 4) is 11.1 Å². The second kappa shape index (κ2) is 9.49. The average molecular weight is 463 g/mol. The first-order valence-electron chi connectivity index (χ1n) is 12.1. The SMILES string of the molecule is O=C(C[C@@H]1CC[C@H](NC(=O)OCC2c3ccccc3-c3ccccc32)C1)NC(C(=O)O)C1CC1. The highest BCUT2D eigenvalue weighted by atomic mass is 16.5. The van der Waals surface area contributed by atoms with Crippen LogP contribution in [0.3, 0.4) is 0 Å². The van der Waals surface area contributed by atoms with Gasteiger partial charge >= 0.3 is 12.1 Å². The summed E-state index contributed by atoms with van der Waals surface area (Å²) in [4.78, 5) is 36.2. The van der Waals surface area contributed by atoms with E-state index in [1.54, 1.807) is 0 Å². The molecule has 2 saturated carbocycles. The fraction of sp³-hybridized carbons (Fsp3) is 0.444. The number of fused-ring (bicyclic) bond motifs is 3. The highest BCUT2D eigenvalue weighted by molar-refractivity contribution is 5.84. The molecule has 0 bridgehead atoms. The zero-order chi connectivity index (χ0) is 23.7. The zero-order valence-electron chi connectivity index (χ0n) is 19.0. The predicted octanol–water partition coefficient (Wildman–Crippen LogP) is 4.06. The van der Waals surface area contributed by atoms with Gasteiger partial charge in [-0.05, 0) is 66.2 Å². The minimum absolute atomic E-state index is 0.0202. The first-order valence-corrected chi connectivity index (χ1v) is 12.1. The smallest absolute Gasteiger partial charge is 0.407 e. The van der Waals surface area contributed by atoms with Crippen molar-refractivity contribution in [2.45, 2.75) is 56.5 Å². The van der Waals surface area contributed by atoms with E-state index in [0.717, 1.165) is 25.7 Å². The highest BCUT2D eigenvalue weighted by Gasteiger charge is 2.38. The van der Waals surface area contributed by atoms with E-state index in [2.05, 4.69) is 34.9 Å². The normalized spacial score (nSPS) is 21.9. The number of nitrogens with one attached hydrogen (secondary N) is 2. The number of hydrogen-bond donors (Lipinski definition) is 3. The van der Waals surface area contributed by atoms with E-state index in [9.17, 15) is 19.5 Å². The molecule has 2 amide bonds. The molecule has 0 aromatic heterocycles. The van der Waals surface area contributed by atoms with Crippen molar-refractivity contribution >= 4 is 18.0 Å². The van der Waals surface area contributed by atoms with Crippen molar-refractivity contribution in [2.75, 3.05) is 6.61 Å². The molecule has 1 unspecified atom stereocenters. The number of alkyl carbamates (subject to hydrolysis) is 1. The van der Waals surface area contributed by atoms with E-state index in [1.807, 2.05) is 24.3 Å². The minimum atomic E-state index is -0.961. The van der Waals surface area contributed by atoms with Gasteiger partial charge in [0, 0.05) is 18.4 Å². The molecule has 2 aromatic rings. The second-order valence-corrected chi connectivity index (χ2v) is 9.77. The third-order valence-corrected chi connectivity index (χ3v) is 7.36. The molecule has 34 heavy (non-hydrogen) atoms. The summed E-state index contributed by atoms with van der Waals surface area (Å²) in [5.74, 6) is -0.962. The molecule has 0 saturated heterocycles. The van der Waals surface area contributed by atoms with Gasteiger partial charge in [-0.25, -0.2) is 9.59 Å². The third kappa shape index (κ3) is 4.79. The van der Waals surface area contributed by atoms with Crippen LogP contribution in [0.1, 0.15) is 55.6 Å². The van der Waals surface area contributed by atoms with Crippen molar-refractivity contribution < 1.29 is 24.2 Å². The molecule has 5 rings (SSSR count). The lowest BCUT2D eigenvalue weighted by Crippen LogP contribution is -2.42. The summed E-state index contributed by atoms with van der Waals surface area (Å²) in [7, 11) is 0. The predicted molar refractivity (Wildman–Crippen MR) is 126 cm³/mol. The molecule has 2 fully saturated rings. The molecular weight excluding hydrogens is 432 g/mol. The maximum absolute atomic E-state index is 12.5. The van der Waals surface area contributed by atoms with E-state index < -0.39 is 18.1 Å². The van der Waals surface area contributed by atoms with Crippen molar-refractivity contribution in [1.29, 1.82) is 0 Å². The second-order valence-electron chi connectivity index (χ2n) is 9.77. The van der Waals surface area contributed by atoms with E-state index in [4.69, 9.17) is 4.74 Å². The van der Waals surface area contributed by atoms with Crippen molar-refractivity contribution in [1.82, 2.24) is 10.6 Å². The van der Waals surface area contributed by atoms with Crippen LogP contribution < -0.4 is 10.6 Å². The molecule has 0 radical (unpaired) electrons. The standard InChI is InChI=1S/C27H30N2O5/c30-24(29-25(26(31)32)17-10-11-17)14-16-9-12-18(13-16)28-27(33)34-15-23-21-7-3-1-5-19(21)20-6-2-4-8-22(20)23/h1-8,16-18,23,25H,9-15H2,(H,28,33)(H,29,30)(H,31,32)/t16-,18+,25?/m1/s1. The molecule has 178 valence electrons. The molecule has 7 nitrogen and oxygen atoms in total. The van der Waals surface area contributed by atoms with Gasteiger partial charge in [-0.2, -0.15) is 0 Å². The number of carboxylic acids is 1. The minimum Gasteiger partial charge on any atom is -0.480 e. The van der Waals surface area contributed by atoms with Crippen molar-refractivity contribution in [3.63, 3.8) is 0 Å². The van der Waals surface area contributed by atoms with Crippen molar-refractivity contribution in [2.24, 2.45) is 11.8 Å². The summed E-state index contributed by atoms with van der Waals surface area (Å²) in [5.41, 5.74) is 4.73. The van der Waals surface area contributed by atoms with Gasteiger partial charge in [0.25, 0.3) is 0 Å². The lowest BCUT2D eigenvalue weighted by Gasteiger charge is -2.17. The molecule has 3 atom stereocenters. The highest BCUT2D eigenvalue weighted by Crippen LogP contribution is 2.44. The number of benzene rings is 2. The van der Waals surface area contributed by atoms with Gasteiger partial charge in [-0.15, -0.1) is 0 Å². The number of aliphatic carboxylic acids is 1. The van der Waals surface area contributed by atoms with Crippen LogP contribution in [-0.4, -0.2) is 41.8 Å². The number of carbonyl (C=O) groups excluding carboxylic acids is 2. The Bertz CT molecular complexity index is 1050. The van der Waals surface area contributed by atoms with Crippen LogP contribution in [-0.2, 0) is 14.3 Å². The summed E-state index contributed by atoms with van der Waals surface area (Å²) < 4.78 is 5.64. The fourth-order valence-corrected chi connectivity index (χ4v) is 5.50. The molecule has 3 N–H and O–H groups in total. The number of ether oxygens (including phenoxy) is 1. The summed E-state index contributed by atoms with van der Waals surface area (Å²) in [5, 5.41) is 14.9. The van der Waals surface area contributed by atoms with Gasteiger partial charge in [0.15, 0.2) is 0 Å². The molecule has 0 aliphatic heterocycles. The topological polar surface area (TPSA) is 105 Å². The van der Waals surface area contributed by atoms with Crippen LogP contribution in [0.15, 0.2) is 48.5 Å². The summed E-state index contributed by atoms with van der Waals surface area (Å²) >= 11 is 0. The maximum Gasteiger partial charge on any atom is 0.407 e. The molecule has 0 heterocycles. The van der Waals surface area contributed by atoms with Crippen LogP contribution in [0.25, 0.3) is 11.1 Å². The first-order chi connectivity index (χ1) is 16.5. The van der Waals surface area contributed by atoms with E-state index in [1.165, 1.54) is 22.3 Å². The average Bonchev–Trinajstić information content (AvgIpc) is 3.49. The number of hydrogen-bond acceptors (Lipinski definition) is 4. The summed E-state index contributed by atoms with van der Waals surface area (Å²) in [6.45, 7) is 0.274. The van der Waals surface area contributed by atoms with Gasteiger partial charge in [0.05, 0.1) is 0 Å². The van der Waals surface area contributed by atoms with E-state index in [-0.39, 0.29) is 36.3 Å². The lowest BCUT2D eigenvalue weighted by atomic mass is 9.98.